The van der Waals surface area contributed by atoms with E-state index in [0.29, 0.717) is 12.4 Å². The van der Waals surface area contributed by atoms with Gasteiger partial charge in [-0.1, -0.05) is 6.92 Å². The van der Waals surface area contributed by atoms with Gasteiger partial charge in [-0.25, -0.2) is 4.99 Å². The third-order valence-corrected chi connectivity index (χ3v) is 3.70. The fourth-order valence-corrected chi connectivity index (χ4v) is 2.61. The highest BCUT2D eigenvalue weighted by molar-refractivity contribution is 5.75. The topological polar surface area (TPSA) is 94.3 Å². The molecule has 6 atom stereocenters. The van der Waals surface area contributed by atoms with Gasteiger partial charge < -0.3 is 25.4 Å². The van der Waals surface area contributed by atoms with Crippen LogP contribution in [0.15, 0.2) is 4.99 Å². The molecule has 1 aliphatic heterocycles. The zero-order valence-electron chi connectivity index (χ0n) is 10.8. The summed E-state index contributed by atoms with van der Waals surface area (Å²) in [5.41, 5.74) is 0. The summed E-state index contributed by atoms with van der Waals surface area (Å²) in [6.45, 7) is 4.42. The molecule has 1 fully saturated rings. The van der Waals surface area contributed by atoms with E-state index in [1.165, 1.54) is 0 Å². The molecule has 6 heteroatoms. The van der Waals surface area contributed by atoms with E-state index in [-0.39, 0.29) is 12.0 Å². The van der Waals surface area contributed by atoms with Crippen molar-refractivity contribution in [3.05, 3.63) is 0 Å². The second kappa shape index (κ2) is 5.42. The number of nitrogens with zero attached hydrogens (tertiary/aromatic N) is 1. The predicted octanol–water partition coefficient (Wildman–Crippen LogP) is -0.768. The highest BCUT2D eigenvalue weighted by Crippen LogP contribution is 2.34. The lowest BCUT2D eigenvalue weighted by Gasteiger charge is -2.38. The molecular weight excluding hydrogens is 236 g/mol. The molecule has 0 radical (unpaired) electrons. The summed E-state index contributed by atoms with van der Waals surface area (Å²) in [7, 11) is 0. The van der Waals surface area contributed by atoms with Crippen LogP contribution in [0.1, 0.15) is 26.7 Å². The van der Waals surface area contributed by atoms with Crippen LogP contribution in [0.5, 0.6) is 0 Å². The van der Waals surface area contributed by atoms with Crippen molar-refractivity contribution in [1.29, 1.82) is 0 Å². The van der Waals surface area contributed by atoms with Crippen LogP contribution in [0.25, 0.3) is 0 Å². The Morgan fingerprint density at radius 1 is 1.44 bits per heavy atom. The summed E-state index contributed by atoms with van der Waals surface area (Å²) >= 11 is 0. The van der Waals surface area contributed by atoms with Gasteiger partial charge in [0.15, 0.2) is 0 Å². The Balaban J connectivity index is 2.04. The molecule has 104 valence electrons. The number of aliphatic hydroxyl groups excluding tert-OH is 3. The predicted molar refractivity (Wildman–Crippen MR) is 66.2 cm³/mol. The van der Waals surface area contributed by atoms with E-state index in [1.54, 1.807) is 6.92 Å². The summed E-state index contributed by atoms with van der Waals surface area (Å²) in [4.78, 5) is 4.26. The summed E-state index contributed by atoms with van der Waals surface area (Å²) in [6, 6.07) is -0.00120. The quantitative estimate of drug-likeness (QED) is 0.533. The lowest BCUT2D eigenvalue weighted by Crippen LogP contribution is -2.54. The van der Waals surface area contributed by atoms with Crippen molar-refractivity contribution in [2.75, 3.05) is 6.54 Å². The van der Waals surface area contributed by atoms with Crippen molar-refractivity contribution in [3.63, 3.8) is 0 Å². The smallest absolute Gasteiger partial charge is 0.285 e. The maximum atomic E-state index is 10.0. The monoisotopic (exact) mass is 258 g/mol. The molecule has 0 aromatic rings. The fourth-order valence-electron chi connectivity index (χ4n) is 2.61. The summed E-state index contributed by atoms with van der Waals surface area (Å²) < 4.78 is 5.62. The van der Waals surface area contributed by atoms with Gasteiger partial charge in [0.25, 0.3) is 6.02 Å². The number of fused-ring (bicyclic) bond motifs is 1. The molecular formula is C12H22N2O4. The number of amidine groups is 1. The normalized spacial score (nSPS) is 40.7. The van der Waals surface area contributed by atoms with Crippen LogP contribution in [0.3, 0.4) is 0 Å². The first kappa shape index (κ1) is 13.6. The fraction of sp³-hybridized carbons (Fsp3) is 0.917. The van der Waals surface area contributed by atoms with Crippen molar-refractivity contribution < 1.29 is 20.1 Å². The molecule has 1 heterocycles. The second-order valence-corrected chi connectivity index (χ2v) is 5.13. The summed E-state index contributed by atoms with van der Waals surface area (Å²) in [6.07, 6.45) is -1.41. The molecule has 0 aromatic heterocycles. The molecule has 4 N–H and O–H groups in total. The number of hydrogen-bond donors (Lipinski definition) is 4. The highest BCUT2D eigenvalue weighted by atomic mass is 16.5. The molecule has 0 saturated heterocycles. The van der Waals surface area contributed by atoms with Crippen molar-refractivity contribution in [3.8, 4) is 0 Å². The van der Waals surface area contributed by atoms with Crippen molar-refractivity contribution in [2.45, 2.75) is 57.1 Å². The third kappa shape index (κ3) is 2.46. The molecule has 0 unspecified atom stereocenters. The van der Waals surface area contributed by atoms with E-state index < -0.39 is 24.4 Å². The second-order valence-electron chi connectivity index (χ2n) is 5.13. The zero-order valence-corrected chi connectivity index (χ0v) is 10.8. The molecule has 0 spiro atoms. The van der Waals surface area contributed by atoms with Crippen molar-refractivity contribution in [2.24, 2.45) is 10.9 Å². The maximum Gasteiger partial charge on any atom is 0.285 e. The average Bonchev–Trinajstić information content (AvgIpc) is 2.74. The maximum absolute atomic E-state index is 10.0. The SMILES string of the molecule is CCCNC1=N[C@@H]2[C@@H](O)[C@H](O)[C@@H]([C@H](C)O)C[C@@H]2O1. The van der Waals surface area contributed by atoms with Gasteiger partial charge in [-0.3, -0.25) is 0 Å². The largest absolute Gasteiger partial charge is 0.460 e. The minimum absolute atomic E-state index is 0.262. The molecule has 2 rings (SSSR count). The van der Waals surface area contributed by atoms with Crippen LogP contribution in [-0.4, -0.2) is 58.3 Å². The third-order valence-electron chi connectivity index (χ3n) is 3.70. The molecule has 1 saturated carbocycles. The van der Waals surface area contributed by atoms with Crippen LogP contribution in [0, 0.1) is 5.92 Å². The Hall–Kier alpha value is -0.850. The zero-order chi connectivity index (χ0) is 13.3. The van der Waals surface area contributed by atoms with Gasteiger partial charge in [0, 0.05) is 12.5 Å². The van der Waals surface area contributed by atoms with E-state index in [0.717, 1.165) is 13.0 Å². The molecule has 0 bridgehead atoms. The van der Waals surface area contributed by atoms with Gasteiger partial charge in [-0.15, -0.1) is 0 Å². The van der Waals surface area contributed by atoms with Crippen LogP contribution < -0.4 is 5.32 Å². The van der Waals surface area contributed by atoms with Crippen molar-refractivity contribution >= 4 is 6.02 Å². The number of aliphatic imine (C=N–C) groups is 1. The first-order chi connectivity index (χ1) is 8.54. The van der Waals surface area contributed by atoms with Crippen LogP contribution in [0.2, 0.25) is 0 Å². The minimum atomic E-state index is -0.982. The summed E-state index contributed by atoms with van der Waals surface area (Å²) in [5.74, 6) is -0.373. The van der Waals surface area contributed by atoms with E-state index in [4.69, 9.17) is 4.74 Å². The lowest BCUT2D eigenvalue weighted by molar-refractivity contribution is -0.111. The molecule has 6 nitrogen and oxygen atoms in total. The molecule has 0 amide bonds. The molecule has 18 heavy (non-hydrogen) atoms. The summed E-state index contributed by atoms with van der Waals surface area (Å²) in [5, 5.41) is 32.6. The Kier molecular flexibility index (Phi) is 4.09. The Morgan fingerprint density at radius 2 is 2.17 bits per heavy atom. The number of nitrogens with one attached hydrogen (secondary N) is 1. The van der Waals surface area contributed by atoms with E-state index in [1.807, 2.05) is 6.92 Å². The Bertz CT molecular complexity index is 321. The van der Waals surface area contributed by atoms with Crippen molar-refractivity contribution in [1.82, 2.24) is 5.32 Å². The number of ether oxygens (including phenoxy) is 1. The van der Waals surface area contributed by atoms with Gasteiger partial charge in [0.2, 0.25) is 0 Å². The Labute approximate surface area is 107 Å². The molecule has 1 aliphatic carbocycles. The standard InChI is InChI=1S/C12H22N2O4/c1-3-4-13-12-14-9-8(18-12)5-7(6(2)15)10(16)11(9)17/h6-11,15-17H,3-5H2,1-2H3,(H,13,14)/t6-,7+,8-,9-,10+,11+/m0/s1. The van der Waals surface area contributed by atoms with E-state index >= 15 is 0 Å². The number of hydrogen-bond acceptors (Lipinski definition) is 6. The minimum Gasteiger partial charge on any atom is -0.460 e. The average molecular weight is 258 g/mol. The highest BCUT2D eigenvalue weighted by Gasteiger charge is 2.49. The van der Waals surface area contributed by atoms with Crippen LogP contribution >= 0.6 is 0 Å². The van der Waals surface area contributed by atoms with Gasteiger partial charge in [0.1, 0.15) is 18.2 Å². The lowest BCUT2D eigenvalue weighted by atomic mass is 9.77. The Morgan fingerprint density at radius 3 is 2.78 bits per heavy atom. The number of rotatable bonds is 3. The van der Waals surface area contributed by atoms with Crippen LogP contribution in [-0.2, 0) is 4.74 Å². The van der Waals surface area contributed by atoms with Gasteiger partial charge in [-0.05, 0) is 19.8 Å². The van der Waals surface area contributed by atoms with Gasteiger partial charge in [-0.2, -0.15) is 0 Å². The molecule has 0 aromatic carbocycles. The van der Waals surface area contributed by atoms with E-state index in [2.05, 4.69) is 10.3 Å². The van der Waals surface area contributed by atoms with E-state index in [9.17, 15) is 15.3 Å². The number of aliphatic hydroxyl groups is 3. The van der Waals surface area contributed by atoms with Gasteiger partial charge >= 0.3 is 0 Å². The first-order valence-corrected chi connectivity index (χ1v) is 6.57. The van der Waals surface area contributed by atoms with Crippen LogP contribution in [0.4, 0.5) is 0 Å². The molecule has 2 aliphatic rings. The first-order valence-electron chi connectivity index (χ1n) is 6.57. The van der Waals surface area contributed by atoms with Gasteiger partial charge in [0.05, 0.1) is 12.2 Å².